The minimum absolute atomic E-state index is 0.0224. The standard InChI is InChI=1S/C16H24N2O/c1-4-17-14-11-12(2)7-8-13(14)15(19)18-16(3)9-5-6-10-16/h7-8,11,17H,4-6,9-10H2,1-3H3,(H,18,19). The van der Waals surface area contributed by atoms with E-state index < -0.39 is 0 Å². The van der Waals surface area contributed by atoms with Crippen LogP contribution in [0.5, 0.6) is 0 Å². The van der Waals surface area contributed by atoms with E-state index in [1.54, 1.807) is 0 Å². The average molecular weight is 260 g/mol. The van der Waals surface area contributed by atoms with Gasteiger partial charge in [0.25, 0.3) is 5.91 Å². The number of nitrogens with one attached hydrogen (secondary N) is 2. The van der Waals surface area contributed by atoms with Crippen molar-refractivity contribution in [1.82, 2.24) is 5.32 Å². The Bertz CT molecular complexity index is 462. The Kier molecular flexibility index (Phi) is 4.13. The van der Waals surface area contributed by atoms with E-state index >= 15 is 0 Å². The second kappa shape index (κ2) is 5.64. The maximum Gasteiger partial charge on any atom is 0.253 e. The van der Waals surface area contributed by atoms with Crippen LogP contribution in [0.1, 0.15) is 55.5 Å². The predicted octanol–water partition coefficient (Wildman–Crippen LogP) is 3.49. The number of anilines is 1. The summed E-state index contributed by atoms with van der Waals surface area (Å²) in [5.74, 6) is 0.0420. The minimum Gasteiger partial charge on any atom is -0.385 e. The zero-order chi connectivity index (χ0) is 13.9. The van der Waals surface area contributed by atoms with Gasteiger partial charge >= 0.3 is 0 Å². The average Bonchev–Trinajstić information content (AvgIpc) is 2.76. The first-order chi connectivity index (χ1) is 9.04. The second-order valence-electron chi connectivity index (χ2n) is 5.80. The molecule has 2 rings (SSSR count). The van der Waals surface area contributed by atoms with Gasteiger partial charge in [0, 0.05) is 17.8 Å². The van der Waals surface area contributed by atoms with Crippen LogP contribution in [0.15, 0.2) is 18.2 Å². The van der Waals surface area contributed by atoms with Gasteiger partial charge in [0.1, 0.15) is 0 Å². The Morgan fingerprint density at radius 2 is 2.00 bits per heavy atom. The van der Waals surface area contributed by atoms with Gasteiger partial charge in [0.15, 0.2) is 0 Å². The maximum absolute atomic E-state index is 12.5. The number of carbonyl (C=O) groups is 1. The van der Waals surface area contributed by atoms with Crippen LogP contribution in [0.25, 0.3) is 0 Å². The number of rotatable bonds is 4. The van der Waals surface area contributed by atoms with Crippen LogP contribution >= 0.6 is 0 Å². The zero-order valence-corrected chi connectivity index (χ0v) is 12.2. The van der Waals surface area contributed by atoms with Gasteiger partial charge in [-0.3, -0.25) is 4.79 Å². The number of hydrogen-bond donors (Lipinski definition) is 2. The summed E-state index contributed by atoms with van der Waals surface area (Å²) < 4.78 is 0. The van der Waals surface area contributed by atoms with Gasteiger partial charge in [-0.25, -0.2) is 0 Å². The van der Waals surface area contributed by atoms with Crippen molar-refractivity contribution in [3.63, 3.8) is 0 Å². The van der Waals surface area contributed by atoms with E-state index in [0.29, 0.717) is 0 Å². The van der Waals surface area contributed by atoms with Gasteiger partial charge in [-0.15, -0.1) is 0 Å². The van der Waals surface area contributed by atoms with Gasteiger partial charge in [0.05, 0.1) is 5.56 Å². The van der Waals surface area contributed by atoms with Crippen molar-refractivity contribution in [2.45, 2.75) is 52.0 Å². The zero-order valence-electron chi connectivity index (χ0n) is 12.2. The second-order valence-corrected chi connectivity index (χ2v) is 5.80. The Morgan fingerprint density at radius 1 is 1.32 bits per heavy atom. The summed E-state index contributed by atoms with van der Waals surface area (Å²) in [5.41, 5.74) is 2.83. The molecule has 0 heterocycles. The largest absolute Gasteiger partial charge is 0.385 e. The van der Waals surface area contributed by atoms with E-state index in [0.717, 1.165) is 30.6 Å². The van der Waals surface area contributed by atoms with Gasteiger partial charge < -0.3 is 10.6 Å². The molecule has 0 atom stereocenters. The van der Waals surface area contributed by atoms with Crippen LogP contribution in [-0.2, 0) is 0 Å². The predicted molar refractivity (Wildman–Crippen MR) is 79.7 cm³/mol. The lowest BCUT2D eigenvalue weighted by molar-refractivity contribution is 0.0909. The molecule has 1 aromatic rings. The maximum atomic E-state index is 12.5. The first kappa shape index (κ1) is 13.9. The molecule has 19 heavy (non-hydrogen) atoms. The first-order valence-electron chi connectivity index (χ1n) is 7.21. The number of hydrogen-bond acceptors (Lipinski definition) is 2. The number of amides is 1. The van der Waals surface area contributed by atoms with E-state index in [-0.39, 0.29) is 11.4 Å². The highest BCUT2D eigenvalue weighted by molar-refractivity contribution is 6.00. The van der Waals surface area contributed by atoms with Crippen LogP contribution in [-0.4, -0.2) is 18.0 Å². The molecule has 2 N–H and O–H groups in total. The molecule has 1 aliphatic carbocycles. The highest BCUT2D eigenvalue weighted by Crippen LogP contribution is 2.29. The fourth-order valence-electron chi connectivity index (χ4n) is 2.81. The highest BCUT2D eigenvalue weighted by atomic mass is 16.1. The third kappa shape index (κ3) is 3.28. The van der Waals surface area contributed by atoms with Crippen LogP contribution < -0.4 is 10.6 Å². The Labute approximate surface area is 115 Å². The molecule has 0 aliphatic heterocycles. The summed E-state index contributed by atoms with van der Waals surface area (Å²) in [4.78, 5) is 12.5. The smallest absolute Gasteiger partial charge is 0.253 e. The third-order valence-corrected chi connectivity index (χ3v) is 3.91. The Balaban J connectivity index is 2.18. The molecule has 1 aromatic carbocycles. The molecule has 0 unspecified atom stereocenters. The van der Waals surface area contributed by atoms with Crippen LogP contribution in [0.2, 0.25) is 0 Å². The summed E-state index contributed by atoms with van der Waals surface area (Å²) in [6, 6.07) is 5.95. The molecular weight excluding hydrogens is 236 g/mol. The molecule has 3 heteroatoms. The molecule has 0 bridgehead atoms. The monoisotopic (exact) mass is 260 g/mol. The van der Waals surface area contributed by atoms with E-state index in [4.69, 9.17) is 0 Å². The molecule has 0 radical (unpaired) electrons. The minimum atomic E-state index is -0.0224. The summed E-state index contributed by atoms with van der Waals surface area (Å²) >= 11 is 0. The molecule has 104 valence electrons. The summed E-state index contributed by atoms with van der Waals surface area (Å²) in [7, 11) is 0. The van der Waals surface area contributed by atoms with Gasteiger partial charge in [-0.1, -0.05) is 18.9 Å². The quantitative estimate of drug-likeness (QED) is 0.870. The van der Waals surface area contributed by atoms with Crippen LogP contribution in [0.4, 0.5) is 5.69 Å². The number of aryl methyl sites for hydroxylation is 1. The van der Waals surface area contributed by atoms with Crippen molar-refractivity contribution >= 4 is 11.6 Å². The first-order valence-corrected chi connectivity index (χ1v) is 7.21. The molecular formula is C16H24N2O. The van der Waals surface area contributed by atoms with E-state index in [9.17, 15) is 4.79 Å². The summed E-state index contributed by atoms with van der Waals surface area (Å²) in [6.07, 6.45) is 4.60. The molecule has 1 aliphatic rings. The lowest BCUT2D eigenvalue weighted by Gasteiger charge is -2.26. The molecule has 1 saturated carbocycles. The molecule has 3 nitrogen and oxygen atoms in total. The molecule has 0 spiro atoms. The lowest BCUT2D eigenvalue weighted by atomic mass is 9.99. The van der Waals surface area contributed by atoms with Crippen molar-refractivity contribution in [2.24, 2.45) is 0 Å². The van der Waals surface area contributed by atoms with Crippen LogP contribution in [0.3, 0.4) is 0 Å². The van der Waals surface area contributed by atoms with Gasteiger partial charge in [-0.2, -0.15) is 0 Å². The Hall–Kier alpha value is -1.51. The molecule has 0 aromatic heterocycles. The molecule has 1 amide bonds. The third-order valence-electron chi connectivity index (χ3n) is 3.91. The van der Waals surface area contributed by atoms with E-state index in [1.165, 1.54) is 18.4 Å². The van der Waals surface area contributed by atoms with Crippen molar-refractivity contribution in [1.29, 1.82) is 0 Å². The highest BCUT2D eigenvalue weighted by Gasteiger charge is 2.30. The molecule has 0 saturated heterocycles. The normalized spacial score (nSPS) is 17.2. The summed E-state index contributed by atoms with van der Waals surface area (Å²) in [5, 5.41) is 6.49. The van der Waals surface area contributed by atoms with Crippen molar-refractivity contribution < 1.29 is 4.79 Å². The van der Waals surface area contributed by atoms with Gasteiger partial charge in [-0.05, 0) is 51.3 Å². The summed E-state index contributed by atoms with van der Waals surface area (Å²) in [6.45, 7) is 7.06. The van der Waals surface area contributed by atoms with Crippen molar-refractivity contribution in [2.75, 3.05) is 11.9 Å². The van der Waals surface area contributed by atoms with E-state index in [2.05, 4.69) is 17.6 Å². The van der Waals surface area contributed by atoms with Crippen molar-refractivity contribution in [3.8, 4) is 0 Å². The fraction of sp³-hybridized carbons (Fsp3) is 0.562. The Morgan fingerprint density at radius 3 is 2.63 bits per heavy atom. The lowest BCUT2D eigenvalue weighted by Crippen LogP contribution is -2.43. The van der Waals surface area contributed by atoms with Crippen LogP contribution in [0, 0.1) is 6.92 Å². The van der Waals surface area contributed by atoms with Crippen molar-refractivity contribution in [3.05, 3.63) is 29.3 Å². The molecule has 1 fully saturated rings. The SMILES string of the molecule is CCNc1cc(C)ccc1C(=O)NC1(C)CCCC1. The topological polar surface area (TPSA) is 41.1 Å². The fourth-order valence-corrected chi connectivity index (χ4v) is 2.81. The number of carbonyl (C=O) groups excluding carboxylic acids is 1. The van der Waals surface area contributed by atoms with Gasteiger partial charge in [0.2, 0.25) is 0 Å². The number of benzene rings is 1. The van der Waals surface area contributed by atoms with E-state index in [1.807, 2.05) is 32.0 Å².